The lowest BCUT2D eigenvalue weighted by atomic mass is 10.0. The van der Waals surface area contributed by atoms with Crippen molar-refractivity contribution < 1.29 is 24.5 Å². The summed E-state index contributed by atoms with van der Waals surface area (Å²) in [5, 5.41) is 23.3. The Hall–Kier alpha value is -1.66. The Morgan fingerprint density at radius 1 is 0.444 bits per heavy atom. The molecule has 0 aliphatic carbocycles. The summed E-state index contributed by atoms with van der Waals surface area (Å²) >= 11 is 0. The van der Waals surface area contributed by atoms with Gasteiger partial charge in [0.15, 0.2) is 0 Å². The zero-order chi connectivity index (χ0) is 45.8. The van der Waals surface area contributed by atoms with E-state index in [-0.39, 0.29) is 18.5 Å². The van der Waals surface area contributed by atoms with Gasteiger partial charge < -0.3 is 20.3 Å². The number of aliphatic hydroxyl groups excluding tert-OH is 2. The molecule has 0 aromatic carbocycles. The molecule has 2 unspecified atom stereocenters. The van der Waals surface area contributed by atoms with Gasteiger partial charge in [-0.1, -0.05) is 263 Å². The summed E-state index contributed by atoms with van der Waals surface area (Å²) in [5.74, 6) is -0.0610. The van der Waals surface area contributed by atoms with E-state index in [1.807, 2.05) is 0 Å². The zero-order valence-corrected chi connectivity index (χ0v) is 42.3. The first-order valence-corrected chi connectivity index (χ1v) is 28.1. The second-order valence-electron chi connectivity index (χ2n) is 19.3. The number of aliphatic hydroxyl groups is 2. The van der Waals surface area contributed by atoms with Crippen molar-refractivity contribution in [2.24, 2.45) is 0 Å². The molecule has 0 fully saturated rings. The molecule has 0 aliphatic heterocycles. The predicted octanol–water partition coefficient (Wildman–Crippen LogP) is 17.1. The fourth-order valence-corrected chi connectivity index (χ4v) is 8.68. The fourth-order valence-electron chi connectivity index (χ4n) is 8.68. The molecule has 0 saturated heterocycles. The highest BCUT2D eigenvalue weighted by atomic mass is 16.5. The number of ether oxygens (including phenoxy) is 1. The molecule has 6 heteroatoms. The fraction of sp³-hybridized carbons (Fsp3) is 0.895. The molecule has 0 rings (SSSR count). The van der Waals surface area contributed by atoms with Crippen molar-refractivity contribution in [2.75, 3.05) is 13.2 Å². The molecule has 2 atom stereocenters. The Balaban J connectivity index is 3.45. The average Bonchev–Trinajstić information content (AvgIpc) is 3.28. The molecule has 0 saturated carbocycles. The predicted molar refractivity (Wildman–Crippen MR) is 273 cm³/mol. The monoisotopic (exact) mass is 888 g/mol. The number of amides is 1. The van der Waals surface area contributed by atoms with Crippen molar-refractivity contribution >= 4 is 11.9 Å². The molecule has 0 heterocycles. The molecule has 0 aromatic rings. The molecule has 0 aliphatic rings. The number of hydrogen-bond donors (Lipinski definition) is 3. The maximum absolute atomic E-state index is 12.5. The second-order valence-corrected chi connectivity index (χ2v) is 19.3. The Morgan fingerprint density at radius 3 is 1.27 bits per heavy atom. The lowest BCUT2D eigenvalue weighted by molar-refractivity contribution is -0.143. The average molecular weight is 889 g/mol. The molecule has 63 heavy (non-hydrogen) atoms. The standard InChI is InChI=1S/C57H109NO5/c1-3-5-7-9-11-13-15-17-18-19-20-21-22-26-29-33-37-41-45-49-55(60)54(53-59)58-56(61)50-46-42-38-34-30-27-23-24-28-32-36-40-44-48-52-63-57(62)51-47-43-39-35-31-25-16-14-12-10-8-6-4-2/h8,10,14,16,54-55,59-60H,3-7,9,11-13,15,17-53H2,1-2H3,(H,58,61)/b10-8-,16-14-. The Morgan fingerprint density at radius 2 is 0.825 bits per heavy atom. The minimum Gasteiger partial charge on any atom is -0.466 e. The van der Waals surface area contributed by atoms with Gasteiger partial charge in [0.05, 0.1) is 25.4 Å². The number of allylic oxidation sites excluding steroid dienone is 4. The number of hydrogen-bond acceptors (Lipinski definition) is 5. The van der Waals surface area contributed by atoms with Crippen molar-refractivity contribution in [1.82, 2.24) is 5.32 Å². The van der Waals surface area contributed by atoms with Gasteiger partial charge in [0.25, 0.3) is 0 Å². The second kappa shape index (κ2) is 53.0. The molecule has 3 N–H and O–H groups in total. The Kier molecular flexibility index (Phi) is 51.6. The van der Waals surface area contributed by atoms with Crippen LogP contribution in [0.1, 0.15) is 303 Å². The Bertz CT molecular complexity index is 982. The first-order valence-electron chi connectivity index (χ1n) is 28.1. The van der Waals surface area contributed by atoms with Crippen LogP contribution in [0.3, 0.4) is 0 Å². The third-order valence-electron chi connectivity index (χ3n) is 13.0. The lowest BCUT2D eigenvalue weighted by Crippen LogP contribution is -2.45. The highest BCUT2D eigenvalue weighted by Crippen LogP contribution is 2.17. The number of rotatable bonds is 52. The lowest BCUT2D eigenvalue weighted by Gasteiger charge is -2.22. The Labute approximate surface area is 392 Å². The van der Waals surface area contributed by atoms with Crippen molar-refractivity contribution in [2.45, 2.75) is 315 Å². The van der Waals surface area contributed by atoms with Crippen molar-refractivity contribution in [3.63, 3.8) is 0 Å². The van der Waals surface area contributed by atoms with E-state index in [1.165, 1.54) is 212 Å². The largest absolute Gasteiger partial charge is 0.466 e. The van der Waals surface area contributed by atoms with Crippen LogP contribution < -0.4 is 5.32 Å². The maximum Gasteiger partial charge on any atom is 0.305 e. The molecule has 6 nitrogen and oxygen atoms in total. The van der Waals surface area contributed by atoms with Crippen LogP contribution in [0.15, 0.2) is 24.3 Å². The van der Waals surface area contributed by atoms with E-state index >= 15 is 0 Å². The summed E-state index contributed by atoms with van der Waals surface area (Å²) in [6.45, 7) is 4.87. The van der Waals surface area contributed by atoms with Crippen LogP contribution in [0.4, 0.5) is 0 Å². The van der Waals surface area contributed by atoms with Crippen molar-refractivity contribution in [1.29, 1.82) is 0 Å². The maximum atomic E-state index is 12.5. The summed E-state index contributed by atoms with van der Waals surface area (Å²) in [5.41, 5.74) is 0. The smallest absolute Gasteiger partial charge is 0.305 e. The number of carbonyl (C=O) groups is 2. The van der Waals surface area contributed by atoms with E-state index in [4.69, 9.17) is 4.74 Å². The van der Waals surface area contributed by atoms with Gasteiger partial charge in [0.1, 0.15) is 0 Å². The van der Waals surface area contributed by atoms with Crippen LogP contribution in [0.2, 0.25) is 0 Å². The van der Waals surface area contributed by atoms with Crippen LogP contribution in [0.5, 0.6) is 0 Å². The number of nitrogens with one attached hydrogen (secondary N) is 1. The number of unbranched alkanes of at least 4 members (excludes halogenated alkanes) is 37. The van der Waals surface area contributed by atoms with Gasteiger partial charge in [-0.15, -0.1) is 0 Å². The molecule has 0 bridgehead atoms. The van der Waals surface area contributed by atoms with E-state index in [2.05, 4.69) is 43.5 Å². The minimum absolute atomic E-state index is 0.0171. The van der Waals surface area contributed by atoms with Gasteiger partial charge in [0, 0.05) is 12.8 Å². The van der Waals surface area contributed by atoms with Crippen LogP contribution in [0, 0.1) is 0 Å². The van der Waals surface area contributed by atoms with E-state index in [1.54, 1.807) is 0 Å². The normalized spacial score (nSPS) is 12.8. The third kappa shape index (κ3) is 49.6. The molecule has 372 valence electrons. The third-order valence-corrected chi connectivity index (χ3v) is 13.0. The van der Waals surface area contributed by atoms with E-state index in [9.17, 15) is 19.8 Å². The summed E-state index contributed by atoms with van der Waals surface area (Å²) in [7, 11) is 0. The van der Waals surface area contributed by atoms with Crippen molar-refractivity contribution in [3.8, 4) is 0 Å². The minimum atomic E-state index is -0.672. The summed E-state index contributed by atoms with van der Waals surface area (Å²) in [4.78, 5) is 24.5. The highest BCUT2D eigenvalue weighted by Gasteiger charge is 2.20. The highest BCUT2D eigenvalue weighted by molar-refractivity contribution is 5.76. The van der Waals surface area contributed by atoms with Crippen molar-refractivity contribution in [3.05, 3.63) is 24.3 Å². The molecule has 0 spiro atoms. The number of esters is 1. The van der Waals surface area contributed by atoms with Crippen LogP contribution >= 0.6 is 0 Å². The quantitative estimate of drug-likeness (QED) is 0.0321. The summed E-state index contributed by atoms with van der Waals surface area (Å²) in [6, 6.07) is -0.550. The van der Waals surface area contributed by atoms with Crippen LogP contribution in [-0.2, 0) is 14.3 Å². The van der Waals surface area contributed by atoms with Crippen LogP contribution in [0.25, 0.3) is 0 Å². The molecule has 0 radical (unpaired) electrons. The van der Waals surface area contributed by atoms with Gasteiger partial charge in [-0.05, 0) is 51.4 Å². The SMILES string of the molecule is CCC/C=C\C/C=C\CCCCCCCC(=O)OCCCCCCCCCCCCCCCCC(=O)NC(CO)C(O)CCCCCCCCCCCCCCCCCCCCC. The van der Waals surface area contributed by atoms with Gasteiger partial charge >= 0.3 is 5.97 Å². The van der Waals surface area contributed by atoms with E-state index in [0.717, 1.165) is 57.8 Å². The van der Waals surface area contributed by atoms with Gasteiger partial charge in [-0.2, -0.15) is 0 Å². The molecule has 0 aromatic heterocycles. The zero-order valence-electron chi connectivity index (χ0n) is 42.3. The van der Waals surface area contributed by atoms with E-state index in [0.29, 0.717) is 25.9 Å². The summed E-state index contributed by atoms with van der Waals surface area (Å²) in [6.07, 6.45) is 63.0. The van der Waals surface area contributed by atoms with E-state index < -0.39 is 12.1 Å². The van der Waals surface area contributed by atoms with Crippen LogP contribution in [-0.4, -0.2) is 47.4 Å². The topological polar surface area (TPSA) is 95.9 Å². The first-order chi connectivity index (χ1) is 31.0. The molecular weight excluding hydrogens is 779 g/mol. The van der Waals surface area contributed by atoms with Gasteiger partial charge in [0.2, 0.25) is 5.91 Å². The molecular formula is C57H109NO5. The molecule has 1 amide bonds. The number of carbonyl (C=O) groups excluding carboxylic acids is 2. The first kappa shape index (κ1) is 61.3. The summed E-state index contributed by atoms with van der Waals surface area (Å²) < 4.78 is 5.45. The van der Waals surface area contributed by atoms with Gasteiger partial charge in [-0.25, -0.2) is 0 Å². The van der Waals surface area contributed by atoms with Gasteiger partial charge in [-0.3, -0.25) is 9.59 Å².